The first-order chi connectivity index (χ1) is 9.93. The van der Waals surface area contributed by atoms with E-state index in [4.69, 9.17) is 4.74 Å². The summed E-state index contributed by atoms with van der Waals surface area (Å²) in [5.74, 6) is 0.600. The predicted molar refractivity (Wildman–Crippen MR) is 88.1 cm³/mol. The Labute approximate surface area is 137 Å². The van der Waals surface area contributed by atoms with Crippen LogP contribution in [0, 0.1) is 3.57 Å². The smallest absolute Gasteiger partial charge is 0.319 e. The predicted octanol–water partition coefficient (Wildman–Crippen LogP) is 2.91. The van der Waals surface area contributed by atoms with Gasteiger partial charge in [-0.15, -0.1) is 0 Å². The molecule has 112 valence electrons. The van der Waals surface area contributed by atoms with Crippen LogP contribution in [0.25, 0.3) is 0 Å². The molecule has 21 heavy (non-hydrogen) atoms. The zero-order valence-electron chi connectivity index (χ0n) is 12.1. The van der Waals surface area contributed by atoms with E-state index in [0.717, 1.165) is 9.13 Å². The van der Waals surface area contributed by atoms with Crippen molar-refractivity contribution in [2.75, 3.05) is 6.61 Å². The Bertz CT molecular complexity index is 625. The molecule has 1 aromatic rings. The minimum absolute atomic E-state index is 0.0775. The highest BCUT2D eigenvalue weighted by Gasteiger charge is 2.31. The molecule has 0 fully saturated rings. The molecule has 2 amide bonds. The number of hydrogen-bond acceptors (Lipinski definition) is 3. The lowest BCUT2D eigenvalue weighted by Gasteiger charge is -2.29. The molecule has 0 unspecified atom stereocenters. The fourth-order valence-electron chi connectivity index (χ4n) is 2.43. The van der Waals surface area contributed by atoms with Gasteiger partial charge in [-0.1, -0.05) is 0 Å². The maximum atomic E-state index is 12.0. The number of hydrogen-bond donors (Lipinski definition) is 2. The summed E-state index contributed by atoms with van der Waals surface area (Å²) < 4.78 is 6.65. The van der Waals surface area contributed by atoms with Crippen molar-refractivity contribution < 1.29 is 14.3 Å². The first-order valence-corrected chi connectivity index (χ1v) is 7.73. The molecule has 0 radical (unpaired) electrons. The van der Waals surface area contributed by atoms with E-state index in [2.05, 4.69) is 33.2 Å². The minimum Gasteiger partial charge on any atom is -0.494 e. The molecule has 0 bridgehead atoms. The largest absolute Gasteiger partial charge is 0.494 e. The van der Waals surface area contributed by atoms with Crippen molar-refractivity contribution >= 4 is 34.4 Å². The molecule has 1 aromatic carbocycles. The van der Waals surface area contributed by atoms with Crippen molar-refractivity contribution in [1.29, 1.82) is 0 Å². The van der Waals surface area contributed by atoms with Crippen LogP contribution in [-0.2, 0) is 4.79 Å². The number of ether oxygens (including phenoxy) is 1. The van der Waals surface area contributed by atoms with Crippen molar-refractivity contribution in [2.24, 2.45) is 0 Å². The number of ketones is 1. The van der Waals surface area contributed by atoms with Gasteiger partial charge < -0.3 is 15.4 Å². The standard InChI is InChI=1S/C15H17IN2O3/c1-4-21-12-6-5-10(16)7-11(12)14-13(9(3)19)8(2)17-15(20)18-14/h5-7,14H,4H2,1-3H3,(H2,17,18,20)/t14-/m0/s1. The highest BCUT2D eigenvalue weighted by Crippen LogP contribution is 2.34. The Kier molecular flexibility index (Phi) is 4.87. The Morgan fingerprint density at radius 3 is 2.76 bits per heavy atom. The third-order valence-corrected chi connectivity index (χ3v) is 3.90. The van der Waals surface area contributed by atoms with E-state index in [1.54, 1.807) is 6.92 Å². The lowest BCUT2D eigenvalue weighted by atomic mass is 9.92. The second kappa shape index (κ2) is 6.46. The molecular formula is C15H17IN2O3. The van der Waals surface area contributed by atoms with E-state index in [9.17, 15) is 9.59 Å². The van der Waals surface area contributed by atoms with E-state index in [1.807, 2.05) is 25.1 Å². The first-order valence-electron chi connectivity index (χ1n) is 6.65. The summed E-state index contributed by atoms with van der Waals surface area (Å²) in [7, 11) is 0. The quantitative estimate of drug-likeness (QED) is 0.764. The van der Waals surface area contributed by atoms with Gasteiger partial charge in [-0.3, -0.25) is 4.79 Å². The normalized spacial score (nSPS) is 18.1. The van der Waals surface area contributed by atoms with Gasteiger partial charge in [-0.25, -0.2) is 4.79 Å². The number of carbonyl (C=O) groups excluding carboxylic acids is 2. The van der Waals surface area contributed by atoms with Gasteiger partial charge in [0, 0.05) is 20.4 Å². The molecule has 1 aliphatic rings. The van der Waals surface area contributed by atoms with E-state index in [0.29, 0.717) is 23.6 Å². The van der Waals surface area contributed by atoms with Gasteiger partial charge in [0.15, 0.2) is 5.78 Å². The Morgan fingerprint density at radius 2 is 2.14 bits per heavy atom. The fraction of sp³-hybridized carbons (Fsp3) is 0.333. The Balaban J connectivity index is 2.57. The average molecular weight is 400 g/mol. The number of urea groups is 1. The third-order valence-electron chi connectivity index (χ3n) is 3.23. The highest BCUT2D eigenvalue weighted by atomic mass is 127. The number of benzene rings is 1. The van der Waals surface area contributed by atoms with Gasteiger partial charge in [0.05, 0.1) is 12.6 Å². The van der Waals surface area contributed by atoms with E-state index >= 15 is 0 Å². The molecule has 0 spiro atoms. The molecule has 0 aliphatic carbocycles. The lowest BCUT2D eigenvalue weighted by molar-refractivity contribution is -0.114. The fourth-order valence-corrected chi connectivity index (χ4v) is 2.94. The van der Waals surface area contributed by atoms with Crippen LogP contribution in [0.1, 0.15) is 32.4 Å². The van der Waals surface area contributed by atoms with Crippen LogP contribution in [0.5, 0.6) is 5.75 Å². The third kappa shape index (κ3) is 3.37. The summed E-state index contributed by atoms with van der Waals surface area (Å²) in [6, 6.07) is 4.92. The van der Waals surface area contributed by atoms with Crippen LogP contribution in [0.2, 0.25) is 0 Å². The summed E-state index contributed by atoms with van der Waals surface area (Å²) in [6.07, 6.45) is 0. The minimum atomic E-state index is -0.493. The zero-order valence-corrected chi connectivity index (χ0v) is 14.3. The van der Waals surface area contributed by atoms with Crippen LogP contribution in [-0.4, -0.2) is 18.4 Å². The zero-order chi connectivity index (χ0) is 15.6. The Hall–Kier alpha value is -1.57. The average Bonchev–Trinajstić information content (AvgIpc) is 2.39. The van der Waals surface area contributed by atoms with Crippen molar-refractivity contribution in [1.82, 2.24) is 10.6 Å². The molecule has 0 saturated carbocycles. The van der Waals surface area contributed by atoms with Crippen molar-refractivity contribution in [2.45, 2.75) is 26.8 Å². The van der Waals surface area contributed by atoms with Crippen molar-refractivity contribution in [3.63, 3.8) is 0 Å². The molecule has 1 aliphatic heterocycles. The van der Waals surface area contributed by atoms with Crippen LogP contribution >= 0.6 is 22.6 Å². The van der Waals surface area contributed by atoms with Crippen LogP contribution < -0.4 is 15.4 Å². The number of amides is 2. The van der Waals surface area contributed by atoms with E-state index < -0.39 is 6.04 Å². The van der Waals surface area contributed by atoms with Gasteiger partial charge in [0.1, 0.15) is 5.75 Å². The maximum absolute atomic E-state index is 12.0. The molecule has 2 N–H and O–H groups in total. The second-order valence-corrected chi connectivity index (χ2v) is 5.99. The number of carbonyl (C=O) groups is 2. The maximum Gasteiger partial charge on any atom is 0.319 e. The lowest BCUT2D eigenvalue weighted by Crippen LogP contribution is -2.44. The summed E-state index contributed by atoms with van der Waals surface area (Å²) in [6.45, 7) is 5.65. The summed E-state index contributed by atoms with van der Waals surface area (Å²) in [4.78, 5) is 23.7. The number of rotatable bonds is 4. The molecule has 0 saturated heterocycles. The summed E-state index contributed by atoms with van der Waals surface area (Å²) >= 11 is 2.20. The molecule has 1 heterocycles. The summed E-state index contributed by atoms with van der Waals surface area (Å²) in [5, 5.41) is 5.45. The monoisotopic (exact) mass is 400 g/mol. The highest BCUT2D eigenvalue weighted by molar-refractivity contribution is 14.1. The number of halogens is 1. The molecular weight excluding hydrogens is 383 g/mol. The van der Waals surface area contributed by atoms with Crippen molar-refractivity contribution in [3.8, 4) is 5.75 Å². The molecule has 5 nitrogen and oxygen atoms in total. The SMILES string of the molecule is CCOc1ccc(I)cc1[C@@H]1NC(=O)NC(C)=C1C(C)=O. The molecule has 1 atom stereocenters. The van der Waals surface area contributed by atoms with Gasteiger partial charge in [-0.2, -0.15) is 0 Å². The molecule has 2 rings (SSSR count). The molecule has 0 aromatic heterocycles. The number of nitrogens with one attached hydrogen (secondary N) is 2. The Morgan fingerprint density at radius 1 is 1.43 bits per heavy atom. The van der Waals surface area contributed by atoms with Gasteiger partial charge in [0.25, 0.3) is 0 Å². The van der Waals surface area contributed by atoms with Crippen molar-refractivity contribution in [3.05, 3.63) is 38.6 Å². The van der Waals surface area contributed by atoms with Gasteiger partial charge >= 0.3 is 6.03 Å². The van der Waals surface area contributed by atoms with Crippen LogP contribution in [0.15, 0.2) is 29.5 Å². The van der Waals surface area contributed by atoms with E-state index in [1.165, 1.54) is 6.92 Å². The van der Waals surface area contributed by atoms with E-state index in [-0.39, 0.29) is 11.8 Å². The molecule has 6 heteroatoms. The topological polar surface area (TPSA) is 67.4 Å². The van der Waals surface area contributed by atoms with Gasteiger partial charge in [0.2, 0.25) is 0 Å². The van der Waals surface area contributed by atoms with Gasteiger partial charge in [-0.05, 0) is 61.6 Å². The first kappa shape index (κ1) is 15.8. The summed E-state index contributed by atoms with van der Waals surface area (Å²) in [5.41, 5.74) is 1.93. The number of allylic oxidation sites excluding steroid dienone is 1. The van der Waals surface area contributed by atoms with Crippen LogP contribution in [0.3, 0.4) is 0 Å². The second-order valence-electron chi connectivity index (χ2n) is 4.74. The number of Topliss-reactive ketones (excluding diaryl/α,β-unsaturated/α-hetero) is 1. The van der Waals surface area contributed by atoms with Crippen LogP contribution in [0.4, 0.5) is 4.79 Å².